The van der Waals surface area contributed by atoms with Gasteiger partial charge in [-0.1, -0.05) is 25.4 Å². The van der Waals surface area contributed by atoms with Gasteiger partial charge >= 0.3 is 0 Å². The van der Waals surface area contributed by atoms with E-state index >= 15 is 0 Å². The van der Waals surface area contributed by atoms with Gasteiger partial charge in [0.05, 0.1) is 10.7 Å². The second-order valence-corrected chi connectivity index (χ2v) is 6.74. The smallest absolute Gasteiger partial charge is 0.125 e. The highest BCUT2D eigenvalue weighted by Gasteiger charge is 2.32. The second kappa shape index (κ2) is 4.61. The van der Waals surface area contributed by atoms with Crippen LogP contribution in [0.2, 0.25) is 5.02 Å². The highest BCUT2D eigenvalue weighted by atomic mass is 35.5. The van der Waals surface area contributed by atoms with Crippen molar-refractivity contribution in [3.63, 3.8) is 0 Å². The highest BCUT2D eigenvalue weighted by Crippen LogP contribution is 2.41. The Bertz CT molecular complexity index is 660. The maximum atomic E-state index is 13.5. The summed E-state index contributed by atoms with van der Waals surface area (Å²) in [7, 11) is 0. The van der Waals surface area contributed by atoms with Gasteiger partial charge in [0.1, 0.15) is 5.82 Å². The summed E-state index contributed by atoms with van der Waals surface area (Å²) in [5.41, 5.74) is 9.36. The molecular formula is C16H18ClFN2. The van der Waals surface area contributed by atoms with Crippen LogP contribution < -0.4 is 5.73 Å². The Morgan fingerprint density at radius 2 is 2.10 bits per heavy atom. The minimum Gasteiger partial charge on any atom is -0.324 e. The zero-order valence-electron chi connectivity index (χ0n) is 11.7. The van der Waals surface area contributed by atoms with E-state index in [0.29, 0.717) is 10.7 Å². The van der Waals surface area contributed by atoms with Crippen molar-refractivity contribution in [3.05, 3.63) is 52.6 Å². The monoisotopic (exact) mass is 292 g/mol. The predicted octanol–water partition coefficient (Wildman–Crippen LogP) is 4.24. The number of nitrogens with two attached hydrogens (primary N) is 1. The molecule has 2 aromatic rings. The topological polar surface area (TPSA) is 30.9 Å². The van der Waals surface area contributed by atoms with Crippen LogP contribution in [0.25, 0.3) is 5.69 Å². The molecule has 1 aliphatic carbocycles. The Labute approximate surface area is 123 Å². The van der Waals surface area contributed by atoms with Crippen LogP contribution in [0.5, 0.6) is 0 Å². The number of fused-ring (bicyclic) bond motifs is 1. The van der Waals surface area contributed by atoms with Crippen LogP contribution in [-0.4, -0.2) is 4.57 Å². The third-order valence-corrected chi connectivity index (χ3v) is 4.33. The molecule has 1 atom stereocenters. The third kappa shape index (κ3) is 2.25. The molecule has 2 nitrogen and oxygen atoms in total. The van der Waals surface area contributed by atoms with E-state index in [4.69, 9.17) is 17.3 Å². The average Bonchev–Trinajstić information content (AvgIpc) is 2.74. The Hall–Kier alpha value is -1.32. The van der Waals surface area contributed by atoms with Crippen molar-refractivity contribution in [1.82, 2.24) is 4.57 Å². The van der Waals surface area contributed by atoms with E-state index in [1.165, 1.54) is 12.1 Å². The van der Waals surface area contributed by atoms with Gasteiger partial charge in [0.15, 0.2) is 0 Å². The van der Waals surface area contributed by atoms with Gasteiger partial charge in [-0.05, 0) is 48.1 Å². The van der Waals surface area contributed by atoms with Gasteiger partial charge in [-0.3, -0.25) is 0 Å². The summed E-state index contributed by atoms with van der Waals surface area (Å²) < 4.78 is 15.5. The lowest BCUT2D eigenvalue weighted by molar-refractivity contribution is 0.278. The van der Waals surface area contributed by atoms with E-state index in [1.54, 1.807) is 6.07 Å². The van der Waals surface area contributed by atoms with Crippen molar-refractivity contribution in [2.75, 3.05) is 0 Å². The first-order valence-electron chi connectivity index (χ1n) is 6.78. The van der Waals surface area contributed by atoms with Gasteiger partial charge in [0.2, 0.25) is 0 Å². The van der Waals surface area contributed by atoms with E-state index in [0.717, 1.165) is 24.1 Å². The zero-order valence-corrected chi connectivity index (χ0v) is 12.4. The summed E-state index contributed by atoms with van der Waals surface area (Å²) in [6, 6.07) is 6.48. The molecule has 106 valence electrons. The molecule has 0 spiro atoms. The maximum absolute atomic E-state index is 13.5. The van der Waals surface area contributed by atoms with Crippen LogP contribution in [-0.2, 0) is 6.42 Å². The first kappa shape index (κ1) is 13.7. The van der Waals surface area contributed by atoms with Crippen molar-refractivity contribution in [3.8, 4) is 5.69 Å². The maximum Gasteiger partial charge on any atom is 0.125 e. The van der Waals surface area contributed by atoms with Crippen LogP contribution >= 0.6 is 11.6 Å². The summed E-state index contributed by atoms with van der Waals surface area (Å²) in [4.78, 5) is 0. The van der Waals surface area contributed by atoms with Crippen molar-refractivity contribution in [1.29, 1.82) is 0 Å². The fraction of sp³-hybridized carbons (Fsp3) is 0.375. The van der Waals surface area contributed by atoms with Crippen LogP contribution in [0.1, 0.15) is 37.6 Å². The molecule has 1 heterocycles. The van der Waals surface area contributed by atoms with Crippen molar-refractivity contribution in [2.24, 2.45) is 11.1 Å². The Kier molecular flexibility index (Phi) is 3.14. The number of rotatable bonds is 1. The van der Waals surface area contributed by atoms with Gasteiger partial charge in [0.25, 0.3) is 0 Å². The van der Waals surface area contributed by atoms with Gasteiger partial charge in [-0.25, -0.2) is 4.39 Å². The molecule has 0 saturated carbocycles. The van der Waals surface area contributed by atoms with Crippen LogP contribution in [0.4, 0.5) is 4.39 Å². The van der Waals surface area contributed by atoms with Gasteiger partial charge < -0.3 is 10.3 Å². The van der Waals surface area contributed by atoms with E-state index in [-0.39, 0.29) is 17.3 Å². The standard InChI is InChI=1S/C16H18ClFN2/c1-16(2)8-13(19)11-5-6-20(15(11)9-16)14-7-10(18)3-4-12(14)17/h3-7,13H,8-9,19H2,1-2H3. The van der Waals surface area contributed by atoms with Gasteiger partial charge in [0, 0.05) is 17.9 Å². The highest BCUT2D eigenvalue weighted by molar-refractivity contribution is 6.32. The number of halogens is 2. The molecule has 0 aliphatic heterocycles. The fourth-order valence-electron chi connectivity index (χ4n) is 3.13. The van der Waals surface area contributed by atoms with Gasteiger partial charge in [-0.15, -0.1) is 0 Å². The van der Waals surface area contributed by atoms with E-state index < -0.39 is 0 Å². The number of nitrogens with zero attached hydrogens (tertiary/aromatic N) is 1. The zero-order chi connectivity index (χ0) is 14.5. The van der Waals surface area contributed by atoms with Gasteiger partial charge in [-0.2, -0.15) is 0 Å². The van der Waals surface area contributed by atoms with Crippen molar-refractivity contribution in [2.45, 2.75) is 32.7 Å². The van der Waals surface area contributed by atoms with Crippen LogP contribution in [0.3, 0.4) is 0 Å². The largest absolute Gasteiger partial charge is 0.324 e. The molecule has 0 amide bonds. The molecule has 1 unspecified atom stereocenters. The minimum atomic E-state index is -0.286. The molecule has 0 radical (unpaired) electrons. The molecule has 0 saturated heterocycles. The molecule has 3 rings (SSSR count). The van der Waals surface area contributed by atoms with Crippen molar-refractivity contribution < 1.29 is 4.39 Å². The molecule has 1 aromatic heterocycles. The lowest BCUT2D eigenvalue weighted by atomic mass is 9.74. The quantitative estimate of drug-likeness (QED) is 0.837. The summed E-state index contributed by atoms with van der Waals surface area (Å²) in [5, 5.41) is 0.543. The summed E-state index contributed by atoms with van der Waals surface area (Å²) in [6.07, 6.45) is 3.81. The summed E-state index contributed by atoms with van der Waals surface area (Å²) >= 11 is 6.22. The second-order valence-electron chi connectivity index (χ2n) is 6.34. The third-order valence-electron chi connectivity index (χ3n) is 4.01. The SMILES string of the molecule is CC1(C)Cc2c(ccn2-c2cc(F)ccc2Cl)C(N)C1. The average molecular weight is 293 g/mol. The minimum absolute atomic E-state index is 0.0299. The molecular weight excluding hydrogens is 275 g/mol. The van der Waals surface area contributed by atoms with Crippen LogP contribution in [0.15, 0.2) is 30.5 Å². The molecule has 0 fully saturated rings. The van der Waals surface area contributed by atoms with E-state index in [9.17, 15) is 4.39 Å². The Morgan fingerprint density at radius 3 is 2.85 bits per heavy atom. The molecule has 1 aliphatic rings. The molecule has 20 heavy (non-hydrogen) atoms. The normalized spacial score (nSPS) is 20.8. The summed E-state index contributed by atoms with van der Waals surface area (Å²) in [5.74, 6) is -0.286. The number of hydrogen-bond acceptors (Lipinski definition) is 1. The lowest BCUT2D eigenvalue weighted by Crippen LogP contribution is -2.30. The van der Waals surface area contributed by atoms with Crippen LogP contribution in [0, 0.1) is 11.2 Å². The molecule has 1 aromatic carbocycles. The first-order chi connectivity index (χ1) is 9.37. The predicted molar refractivity (Wildman–Crippen MR) is 79.8 cm³/mol. The molecule has 0 bridgehead atoms. The van der Waals surface area contributed by atoms with E-state index in [2.05, 4.69) is 13.8 Å². The Morgan fingerprint density at radius 1 is 1.35 bits per heavy atom. The first-order valence-corrected chi connectivity index (χ1v) is 7.16. The lowest BCUT2D eigenvalue weighted by Gasteiger charge is -2.34. The van der Waals surface area contributed by atoms with Crippen molar-refractivity contribution >= 4 is 11.6 Å². The number of aromatic nitrogens is 1. The molecule has 4 heteroatoms. The summed E-state index contributed by atoms with van der Waals surface area (Å²) in [6.45, 7) is 4.42. The number of benzene rings is 1. The Balaban J connectivity index is 2.16. The fourth-order valence-corrected chi connectivity index (χ4v) is 3.34. The van der Waals surface area contributed by atoms with E-state index in [1.807, 2.05) is 16.8 Å². The number of hydrogen-bond donors (Lipinski definition) is 1. The molecule has 2 N–H and O–H groups in total.